The number of hydrogen-bond acceptors (Lipinski definition) is 3. The van der Waals surface area contributed by atoms with E-state index in [-0.39, 0.29) is 12.1 Å². The molecule has 0 radical (unpaired) electrons. The minimum absolute atomic E-state index is 0.110. The summed E-state index contributed by atoms with van der Waals surface area (Å²) in [5, 5.41) is 2.63. The van der Waals surface area contributed by atoms with Gasteiger partial charge >= 0.3 is 11.0 Å². The molecule has 1 aromatic heterocycles. The van der Waals surface area contributed by atoms with Crippen LogP contribution < -0.4 is 4.57 Å². The number of aromatic nitrogens is 1. The van der Waals surface area contributed by atoms with Crippen LogP contribution in [0.2, 0.25) is 0 Å². The summed E-state index contributed by atoms with van der Waals surface area (Å²) in [6, 6.07) is 10.2. The van der Waals surface area contributed by atoms with Gasteiger partial charge in [0.15, 0.2) is 12.7 Å². The van der Waals surface area contributed by atoms with E-state index >= 15 is 0 Å². The molecule has 1 aromatic carbocycles. The second-order valence-corrected chi connectivity index (χ2v) is 6.38. The SMILES string of the molecule is O=C(OC1CCCCC1)c1scc[n+]1Cc1ccccc1. The molecular formula is C17H20NO2S+. The number of carbonyl (C=O) groups excluding carboxylic acids is 1. The topological polar surface area (TPSA) is 30.2 Å². The predicted octanol–water partition coefficient (Wildman–Crippen LogP) is 3.57. The molecule has 1 aliphatic carbocycles. The number of nitrogens with zero attached hydrogens (tertiary/aromatic N) is 1. The van der Waals surface area contributed by atoms with Crippen molar-refractivity contribution >= 4 is 17.3 Å². The van der Waals surface area contributed by atoms with E-state index in [0.717, 1.165) is 12.8 Å². The molecule has 3 nitrogen and oxygen atoms in total. The molecule has 0 bridgehead atoms. The number of thiazole rings is 1. The summed E-state index contributed by atoms with van der Waals surface area (Å²) in [6.45, 7) is 0.708. The lowest BCUT2D eigenvalue weighted by atomic mass is 9.98. The molecule has 1 aliphatic rings. The summed E-state index contributed by atoms with van der Waals surface area (Å²) in [5.41, 5.74) is 1.19. The third kappa shape index (κ3) is 3.70. The zero-order chi connectivity index (χ0) is 14.5. The molecule has 1 saturated carbocycles. The molecule has 1 fully saturated rings. The van der Waals surface area contributed by atoms with Crippen LogP contribution in [0.15, 0.2) is 41.9 Å². The van der Waals surface area contributed by atoms with Crippen molar-refractivity contribution in [2.75, 3.05) is 0 Å². The van der Waals surface area contributed by atoms with Gasteiger partial charge in [-0.25, -0.2) is 4.79 Å². The van der Waals surface area contributed by atoms with Gasteiger partial charge in [-0.1, -0.05) is 48.1 Å². The molecule has 4 heteroatoms. The number of carbonyl (C=O) groups is 1. The highest BCUT2D eigenvalue weighted by atomic mass is 32.1. The van der Waals surface area contributed by atoms with Crippen LogP contribution in [0, 0.1) is 0 Å². The van der Waals surface area contributed by atoms with Gasteiger partial charge in [0.2, 0.25) is 0 Å². The highest BCUT2D eigenvalue weighted by molar-refractivity contribution is 7.11. The second-order valence-electron chi connectivity index (χ2n) is 5.49. The average Bonchev–Trinajstić information content (AvgIpc) is 2.97. The molecule has 0 spiro atoms. The molecule has 2 aromatic rings. The van der Waals surface area contributed by atoms with Crippen LogP contribution in [0.4, 0.5) is 0 Å². The van der Waals surface area contributed by atoms with Crippen molar-refractivity contribution in [1.82, 2.24) is 0 Å². The fourth-order valence-electron chi connectivity index (χ4n) is 2.76. The molecule has 3 rings (SSSR count). The van der Waals surface area contributed by atoms with Crippen molar-refractivity contribution in [3.05, 3.63) is 52.5 Å². The maximum atomic E-state index is 12.4. The highest BCUT2D eigenvalue weighted by Crippen LogP contribution is 2.21. The standard InChI is InChI=1S/C17H20NO2S/c19-17(20-15-9-5-2-6-10-15)16-18(11-12-21-16)13-14-7-3-1-4-8-14/h1,3-4,7-8,11-12,15H,2,5-6,9-10,13H2/q+1. The number of hydrogen-bond donors (Lipinski definition) is 0. The summed E-state index contributed by atoms with van der Waals surface area (Å²) in [5.74, 6) is -0.173. The second kappa shape index (κ2) is 6.85. The van der Waals surface area contributed by atoms with E-state index in [9.17, 15) is 4.79 Å². The molecule has 21 heavy (non-hydrogen) atoms. The van der Waals surface area contributed by atoms with Gasteiger partial charge in [-0.05, 0) is 25.7 Å². The third-order valence-electron chi connectivity index (χ3n) is 3.88. The summed E-state index contributed by atoms with van der Waals surface area (Å²) in [7, 11) is 0. The number of ether oxygens (including phenoxy) is 1. The number of esters is 1. The lowest BCUT2D eigenvalue weighted by Crippen LogP contribution is -2.39. The minimum Gasteiger partial charge on any atom is -0.454 e. The van der Waals surface area contributed by atoms with Crippen LogP contribution in [0.25, 0.3) is 0 Å². The maximum absolute atomic E-state index is 12.4. The van der Waals surface area contributed by atoms with E-state index < -0.39 is 0 Å². The Labute approximate surface area is 129 Å². The van der Waals surface area contributed by atoms with E-state index in [0.29, 0.717) is 11.6 Å². The summed E-state index contributed by atoms with van der Waals surface area (Å²) >= 11 is 1.45. The summed E-state index contributed by atoms with van der Waals surface area (Å²) in [4.78, 5) is 12.4. The van der Waals surface area contributed by atoms with E-state index in [1.54, 1.807) is 0 Å². The smallest absolute Gasteiger partial charge is 0.415 e. The number of benzene rings is 1. The van der Waals surface area contributed by atoms with Crippen molar-refractivity contribution in [3.8, 4) is 0 Å². The van der Waals surface area contributed by atoms with Crippen LogP contribution in [0.3, 0.4) is 0 Å². The Bertz CT molecular complexity index is 588. The fraction of sp³-hybridized carbons (Fsp3) is 0.412. The zero-order valence-corrected chi connectivity index (χ0v) is 12.8. The van der Waals surface area contributed by atoms with Gasteiger partial charge in [-0.15, -0.1) is 0 Å². The minimum atomic E-state index is -0.173. The van der Waals surface area contributed by atoms with E-state index in [2.05, 4.69) is 12.1 Å². The van der Waals surface area contributed by atoms with Crippen molar-refractivity contribution in [2.45, 2.75) is 44.8 Å². The first-order chi connectivity index (χ1) is 10.3. The van der Waals surface area contributed by atoms with Crippen LogP contribution in [-0.2, 0) is 11.3 Å². The predicted molar refractivity (Wildman–Crippen MR) is 82.3 cm³/mol. The largest absolute Gasteiger partial charge is 0.454 e. The Morgan fingerprint density at radius 2 is 1.95 bits per heavy atom. The van der Waals surface area contributed by atoms with E-state index in [1.807, 2.05) is 34.3 Å². The van der Waals surface area contributed by atoms with Crippen LogP contribution in [-0.4, -0.2) is 12.1 Å². The Morgan fingerprint density at radius 1 is 1.19 bits per heavy atom. The Balaban J connectivity index is 1.68. The quantitative estimate of drug-likeness (QED) is 0.638. The van der Waals surface area contributed by atoms with Crippen molar-refractivity contribution in [2.24, 2.45) is 0 Å². The lowest BCUT2D eigenvalue weighted by molar-refractivity contribution is -0.685. The van der Waals surface area contributed by atoms with Gasteiger partial charge in [0.1, 0.15) is 6.10 Å². The third-order valence-corrected chi connectivity index (χ3v) is 4.76. The van der Waals surface area contributed by atoms with Crippen molar-refractivity contribution in [1.29, 1.82) is 0 Å². The first-order valence-electron chi connectivity index (χ1n) is 7.55. The average molecular weight is 302 g/mol. The molecule has 0 saturated heterocycles. The van der Waals surface area contributed by atoms with Gasteiger partial charge in [0.25, 0.3) is 0 Å². The lowest BCUT2D eigenvalue weighted by Gasteiger charge is -2.20. The Morgan fingerprint density at radius 3 is 2.71 bits per heavy atom. The Kier molecular flexibility index (Phi) is 4.65. The van der Waals surface area contributed by atoms with E-state index in [4.69, 9.17) is 4.74 Å². The van der Waals surface area contributed by atoms with Crippen molar-refractivity contribution in [3.63, 3.8) is 0 Å². The molecular weight excluding hydrogens is 282 g/mol. The molecule has 0 unspecified atom stereocenters. The molecule has 0 atom stereocenters. The molecule has 110 valence electrons. The number of rotatable bonds is 4. The fourth-order valence-corrected chi connectivity index (χ4v) is 3.50. The monoisotopic (exact) mass is 302 g/mol. The molecule has 0 N–H and O–H groups in total. The Hall–Kier alpha value is -1.68. The highest BCUT2D eigenvalue weighted by Gasteiger charge is 2.27. The maximum Gasteiger partial charge on any atom is 0.415 e. The molecule has 1 heterocycles. The van der Waals surface area contributed by atoms with E-state index in [1.165, 1.54) is 36.2 Å². The normalized spacial score (nSPS) is 15.8. The first kappa shape index (κ1) is 14.3. The first-order valence-corrected chi connectivity index (χ1v) is 8.43. The van der Waals surface area contributed by atoms with Gasteiger partial charge in [-0.2, -0.15) is 4.57 Å². The van der Waals surface area contributed by atoms with Crippen molar-refractivity contribution < 1.29 is 14.1 Å². The molecule has 0 aliphatic heterocycles. The van der Waals surface area contributed by atoms with Gasteiger partial charge in [0.05, 0.1) is 5.38 Å². The van der Waals surface area contributed by atoms with Gasteiger partial charge in [-0.3, -0.25) is 0 Å². The summed E-state index contributed by atoms with van der Waals surface area (Å²) < 4.78 is 7.64. The van der Waals surface area contributed by atoms with Crippen LogP contribution in [0.5, 0.6) is 0 Å². The molecule has 0 amide bonds. The van der Waals surface area contributed by atoms with Crippen LogP contribution in [0.1, 0.15) is 47.5 Å². The summed E-state index contributed by atoms with van der Waals surface area (Å²) in [6.07, 6.45) is 7.69. The van der Waals surface area contributed by atoms with Gasteiger partial charge < -0.3 is 4.74 Å². The zero-order valence-electron chi connectivity index (χ0n) is 12.0. The van der Waals surface area contributed by atoms with Gasteiger partial charge in [0, 0.05) is 5.56 Å². The van der Waals surface area contributed by atoms with Crippen LogP contribution >= 0.6 is 11.3 Å².